The van der Waals surface area contributed by atoms with E-state index in [9.17, 15) is 9.18 Å². The number of nitrogens with zero attached hydrogens (tertiary/aromatic N) is 1. The van der Waals surface area contributed by atoms with E-state index in [0.717, 1.165) is 20.8 Å². The largest absolute Gasteiger partial charge is 0.482 e. The predicted molar refractivity (Wildman–Crippen MR) is 125 cm³/mol. The summed E-state index contributed by atoms with van der Waals surface area (Å²) in [5.41, 5.74) is 1.84. The Morgan fingerprint density at radius 3 is 2.61 bits per heavy atom. The number of para-hydroxylation sites is 1. The predicted octanol–water partition coefficient (Wildman–Crippen LogP) is 5.20. The lowest BCUT2D eigenvalue weighted by Gasteiger charge is -2.18. The minimum absolute atomic E-state index is 0.323. The Hall–Kier alpha value is -3.49. The summed E-state index contributed by atoms with van der Waals surface area (Å²) >= 11 is 1.56. The Morgan fingerprint density at radius 1 is 1.06 bits per heavy atom. The fourth-order valence-electron chi connectivity index (χ4n) is 3.22. The molecule has 8 heteroatoms. The van der Waals surface area contributed by atoms with Gasteiger partial charge in [0.2, 0.25) is 0 Å². The van der Waals surface area contributed by atoms with Crippen LogP contribution in [0, 0.1) is 5.82 Å². The third kappa shape index (κ3) is 6.06. The number of rotatable bonds is 10. The van der Waals surface area contributed by atoms with E-state index >= 15 is 0 Å². The summed E-state index contributed by atoms with van der Waals surface area (Å²) in [7, 11) is 0. The number of carboxylic acid groups (broad SMARTS) is 1. The first-order chi connectivity index (χ1) is 16.0. The minimum Gasteiger partial charge on any atom is -0.482 e. The Balaban J connectivity index is 1.46. The van der Waals surface area contributed by atoms with Crippen LogP contribution in [0.2, 0.25) is 0 Å². The van der Waals surface area contributed by atoms with Gasteiger partial charge in [-0.25, -0.2) is 14.2 Å². The van der Waals surface area contributed by atoms with Crippen LogP contribution in [0.15, 0.2) is 72.8 Å². The molecule has 0 saturated carbocycles. The number of benzene rings is 3. The van der Waals surface area contributed by atoms with E-state index in [1.807, 2.05) is 36.4 Å². The van der Waals surface area contributed by atoms with Gasteiger partial charge in [0.05, 0.1) is 10.2 Å². The van der Waals surface area contributed by atoms with Gasteiger partial charge in [-0.2, -0.15) is 0 Å². The van der Waals surface area contributed by atoms with Crippen molar-refractivity contribution in [1.82, 2.24) is 10.3 Å². The summed E-state index contributed by atoms with van der Waals surface area (Å²) < 4.78 is 26.0. The maximum Gasteiger partial charge on any atom is 0.344 e. The van der Waals surface area contributed by atoms with Crippen LogP contribution in [0.3, 0.4) is 0 Å². The van der Waals surface area contributed by atoms with Gasteiger partial charge in [-0.05, 0) is 61.0 Å². The summed E-state index contributed by atoms with van der Waals surface area (Å²) in [4.78, 5) is 15.7. The van der Waals surface area contributed by atoms with Crippen molar-refractivity contribution in [2.75, 3.05) is 6.54 Å². The van der Waals surface area contributed by atoms with Crippen LogP contribution in [0.1, 0.15) is 23.6 Å². The van der Waals surface area contributed by atoms with Crippen molar-refractivity contribution in [3.8, 4) is 11.5 Å². The first kappa shape index (κ1) is 22.7. The van der Waals surface area contributed by atoms with Gasteiger partial charge < -0.3 is 19.9 Å². The molecule has 3 aromatic carbocycles. The van der Waals surface area contributed by atoms with Gasteiger partial charge in [0.25, 0.3) is 0 Å². The van der Waals surface area contributed by atoms with E-state index in [-0.39, 0.29) is 11.9 Å². The van der Waals surface area contributed by atoms with Crippen molar-refractivity contribution in [3.05, 3.63) is 89.2 Å². The molecule has 1 heterocycles. The molecule has 0 radical (unpaired) electrons. The Morgan fingerprint density at radius 2 is 1.85 bits per heavy atom. The Kier molecular flexibility index (Phi) is 7.16. The maximum atomic E-state index is 13.3. The van der Waals surface area contributed by atoms with Crippen molar-refractivity contribution in [1.29, 1.82) is 0 Å². The highest BCUT2D eigenvalue weighted by molar-refractivity contribution is 7.18. The summed E-state index contributed by atoms with van der Waals surface area (Å²) in [6.07, 6.45) is -1.31. The lowest BCUT2D eigenvalue weighted by atomic mass is 10.2. The number of aromatic nitrogens is 1. The van der Waals surface area contributed by atoms with Gasteiger partial charge in [0.15, 0.2) is 12.2 Å². The molecule has 6 nitrogen and oxygen atoms in total. The van der Waals surface area contributed by atoms with Crippen LogP contribution in [-0.2, 0) is 11.3 Å². The van der Waals surface area contributed by atoms with Gasteiger partial charge in [0.1, 0.15) is 22.3 Å². The number of fused-ring (bicyclic) bond motifs is 1. The number of aliphatic carboxylic acids is 1. The van der Waals surface area contributed by atoms with Crippen LogP contribution in [0.25, 0.3) is 10.2 Å². The molecule has 0 aliphatic rings. The number of hydrogen-bond acceptors (Lipinski definition) is 6. The molecular weight excluding hydrogens is 443 g/mol. The summed E-state index contributed by atoms with van der Waals surface area (Å²) in [5, 5.41) is 13.2. The molecule has 0 amide bonds. The Bertz CT molecular complexity index is 1200. The zero-order valence-electron chi connectivity index (χ0n) is 17.9. The Labute approximate surface area is 194 Å². The fourth-order valence-corrected chi connectivity index (χ4v) is 4.21. The van der Waals surface area contributed by atoms with Gasteiger partial charge in [-0.3, -0.25) is 0 Å². The quantitative estimate of drug-likeness (QED) is 0.335. The standard InChI is InChI=1S/C25H23FN2O4S/c1-16(25(29)30)31-20-6-4-5-17(13-20)14-27-15-22(32-19-11-9-18(26)10-12-19)24-28-21-7-2-3-8-23(21)33-24/h2-13,16,22,27H,14-15H2,1H3,(H,29,30). The zero-order chi connectivity index (χ0) is 23.2. The third-order valence-electron chi connectivity index (χ3n) is 4.90. The van der Waals surface area contributed by atoms with Crippen LogP contribution in [0.4, 0.5) is 4.39 Å². The average molecular weight is 467 g/mol. The second-order valence-corrected chi connectivity index (χ2v) is 8.52. The van der Waals surface area contributed by atoms with E-state index in [1.165, 1.54) is 19.1 Å². The van der Waals surface area contributed by atoms with Crippen LogP contribution < -0.4 is 14.8 Å². The van der Waals surface area contributed by atoms with E-state index in [1.54, 1.807) is 35.6 Å². The first-order valence-corrected chi connectivity index (χ1v) is 11.3. The lowest BCUT2D eigenvalue weighted by molar-refractivity contribution is -0.144. The molecule has 2 unspecified atom stereocenters. The second kappa shape index (κ2) is 10.4. The smallest absolute Gasteiger partial charge is 0.344 e. The highest BCUT2D eigenvalue weighted by Gasteiger charge is 2.19. The number of carboxylic acids is 1. The summed E-state index contributed by atoms with van der Waals surface area (Å²) in [5.74, 6) is -0.290. The monoisotopic (exact) mass is 466 g/mol. The maximum absolute atomic E-state index is 13.3. The highest BCUT2D eigenvalue weighted by atomic mass is 32.1. The van der Waals surface area contributed by atoms with E-state index in [0.29, 0.717) is 24.6 Å². The molecule has 0 fully saturated rings. The van der Waals surface area contributed by atoms with Crippen LogP contribution in [0.5, 0.6) is 11.5 Å². The fraction of sp³-hybridized carbons (Fsp3) is 0.200. The molecule has 2 atom stereocenters. The molecular formula is C25H23FN2O4S. The molecule has 170 valence electrons. The molecule has 0 spiro atoms. The molecule has 4 rings (SSSR count). The summed E-state index contributed by atoms with van der Waals surface area (Å²) in [6.45, 7) is 2.48. The molecule has 1 aromatic heterocycles. The lowest BCUT2D eigenvalue weighted by Crippen LogP contribution is -2.25. The molecule has 4 aromatic rings. The SMILES string of the molecule is CC(Oc1cccc(CNCC(Oc2ccc(F)cc2)c2nc3ccccc3s2)c1)C(=O)O. The molecule has 0 aliphatic carbocycles. The van der Waals surface area contributed by atoms with Crippen LogP contribution >= 0.6 is 11.3 Å². The molecule has 33 heavy (non-hydrogen) atoms. The summed E-state index contributed by atoms with van der Waals surface area (Å²) in [6, 6.07) is 21.1. The van der Waals surface area contributed by atoms with Gasteiger partial charge >= 0.3 is 5.97 Å². The number of nitrogens with one attached hydrogen (secondary N) is 1. The van der Waals surface area contributed by atoms with Crippen molar-refractivity contribution in [2.45, 2.75) is 25.7 Å². The number of halogens is 1. The molecule has 0 bridgehead atoms. The first-order valence-electron chi connectivity index (χ1n) is 10.4. The number of thiazole rings is 1. The van der Waals surface area contributed by atoms with Gasteiger partial charge in [-0.15, -0.1) is 11.3 Å². The minimum atomic E-state index is -1.02. The van der Waals surface area contributed by atoms with E-state index < -0.39 is 12.1 Å². The van der Waals surface area contributed by atoms with Crippen LogP contribution in [-0.4, -0.2) is 28.7 Å². The number of carbonyl (C=O) groups is 1. The topological polar surface area (TPSA) is 80.7 Å². The third-order valence-corrected chi connectivity index (χ3v) is 6.02. The number of ether oxygens (including phenoxy) is 2. The van der Waals surface area contributed by atoms with Crippen molar-refractivity contribution < 1.29 is 23.8 Å². The number of hydrogen-bond donors (Lipinski definition) is 2. The van der Waals surface area contributed by atoms with Crippen molar-refractivity contribution >= 4 is 27.5 Å². The van der Waals surface area contributed by atoms with Crippen molar-refractivity contribution in [2.24, 2.45) is 0 Å². The van der Waals surface area contributed by atoms with E-state index in [2.05, 4.69) is 5.32 Å². The molecule has 2 N–H and O–H groups in total. The van der Waals surface area contributed by atoms with Gasteiger partial charge in [0, 0.05) is 13.1 Å². The second-order valence-electron chi connectivity index (χ2n) is 7.46. The average Bonchev–Trinajstić information content (AvgIpc) is 3.24. The normalized spacial score (nSPS) is 12.9. The van der Waals surface area contributed by atoms with Gasteiger partial charge in [-0.1, -0.05) is 24.3 Å². The highest BCUT2D eigenvalue weighted by Crippen LogP contribution is 2.29. The molecule has 0 aliphatic heterocycles. The zero-order valence-corrected chi connectivity index (χ0v) is 18.7. The molecule has 0 saturated heterocycles. The van der Waals surface area contributed by atoms with Crippen molar-refractivity contribution in [3.63, 3.8) is 0 Å². The van der Waals surface area contributed by atoms with E-state index in [4.69, 9.17) is 19.6 Å².